The van der Waals surface area contributed by atoms with Crippen molar-refractivity contribution in [2.24, 2.45) is 11.8 Å². The molecule has 1 heteroatoms. The molecule has 0 N–H and O–H groups in total. The van der Waals surface area contributed by atoms with E-state index in [-0.39, 0.29) is 0 Å². The van der Waals surface area contributed by atoms with Gasteiger partial charge >= 0.3 is 0 Å². The molecule has 0 aromatic heterocycles. The summed E-state index contributed by atoms with van der Waals surface area (Å²) in [6, 6.07) is 17.6. The van der Waals surface area contributed by atoms with Gasteiger partial charge in [-0.3, -0.25) is 0 Å². The van der Waals surface area contributed by atoms with E-state index in [2.05, 4.69) is 75.4 Å². The SMILES string of the molecule is CCCCCC(C)C1CC=C(c2ccc(-c3ccc(OCCCC)cc3)cc2)CC1. The highest BCUT2D eigenvalue weighted by molar-refractivity contribution is 5.71. The van der Waals surface area contributed by atoms with E-state index in [4.69, 9.17) is 4.74 Å². The lowest BCUT2D eigenvalue weighted by molar-refractivity contribution is 0.308. The topological polar surface area (TPSA) is 9.23 Å². The van der Waals surface area contributed by atoms with Crippen LogP contribution in [0.2, 0.25) is 0 Å². The molecule has 0 bridgehead atoms. The van der Waals surface area contributed by atoms with Crippen LogP contribution >= 0.6 is 0 Å². The summed E-state index contributed by atoms with van der Waals surface area (Å²) in [6.45, 7) is 7.75. The van der Waals surface area contributed by atoms with Crippen LogP contribution in [0.1, 0.15) is 84.1 Å². The van der Waals surface area contributed by atoms with Gasteiger partial charge in [0, 0.05) is 0 Å². The van der Waals surface area contributed by atoms with Gasteiger partial charge in [0.1, 0.15) is 5.75 Å². The maximum Gasteiger partial charge on any atom is 0.119 e. The molecule has 2 aromatic carbocycles. The molecule has 2 atom stereocenters. The molecule has 1 aliphatic carbocycles. The Morgan fingerprint density at radius 1 is 0.833 bits per heavy atom. The van der Waals surface area contributed by atoms with E-state index in [1.807, 2.05) is 0 Å². The Balaban J connectivity index is 1.55. The van der Waals surface area contributed by atoms with Crippen LogP contribution in [-0.2, 0) is 0 Å². The molecule has 2 aromatic rings. The van der Waals surface area contributed by atoms with Crippen LogP contribution in [0.25, 0.3) is 16.7 Å². The molecule has 162 valence electrons. The summed E-state index contributed by atoms with van der Waals surface area (Å²) in [5.41, 5.74) is 5.47. The minimum absolute atomic E-state index is 0.804. The molecule has 0 fully saturated rings. The molecule has 0 spiro atoms. The van der Waals surface area contributed by atoms with Crippen LogP contribution in [0, 0.1) is 11.8 Å². The van der Waals surface area contributed by atoms with Crippen LogP contribution < -0.4 is 4.74 Å². The van der Waals surface area contributed by atoms with E-state index < -0.39 is 0 Å². The van der Waals surface area contributed by atoms with Crippen LogP contribution in [0.5, 0.6) is 5.75 Å². The van der Waals surface area contributed by atoms with Crippen molar-refractivity contribution in [2.45, 2.75) is 78.6 Å². The Labute approximate surface area is 184 Å². The normalized spacial score (nSPS) is 17.4. The average molecular weight is 405 g/mol. The van der Waals surface area contributed by atoms with Crippen molar-refractivity contribution in [3.63, 3.8) is 0 Å². The van der Waals surface area contributed by atoms with Crippen LogP contribution in [0.15, 0.2) is 54.6 Å². The average Bonchev–Trinajstić information content (AvgIpc) is 2.80. The van der Waals surface area contributed by atoms with Gasteiger partial charge in [0.15, 0.2) is 0 Å². The summed E-state index contributed by atoms with van der Waals surface area (Å²) >= 11 is 0. The molecule has 30 heavy (non-hydrogen) atoms. The summed E-state index contributed by atoms with van der Waals surface area (Å²) in [7, 11) is 0. The highest BCUT2D eigenvalue weighted by atomic mass is 16.5. The summed E-state index contributed by atoms with van der Waals surface area (Å²) < 4.78 is 5.78. The number of hydrogen-bond acceptors (Lipinski definition) is 1. The lowest BCUT2D eigenvalue weighted by Crippen LogP contribution is -2.14. The number of allylic oxidation sites excluding steroid dienone is 2. The van der Waals surface area contributed by atoms with Gasteiger partial charge in [-0.2, -0.15) is 0 Å². The summed E-state index contributed by atoms with van der Waals surface area (Å²) in [5.74, 6) is 2.71. The fourth-order valence-corrected chi connectivity index (χ4v) is 4.54. The monoisotopic (exact) mass is 404 g/mol. The highest BCUT2D eigenvalue weighted by Gasteiger charge is 2.20. The lowest BCUT2D eigenvalue weighted by Gasteiger charge is -2.27. The quantitative estimate of drug-likeness (QED) is 0.340. The first kappa shape index (κ1) is 22.7. The molecule has 3 rings (SSSR count). The van der Waals surface area contributed by atoms with Crippen molar-refractivity contribution in [2.75, 3.05) is 6.61 Å². The van der Waals surface area contributed by atoms with Crippen molar-refractivity contribution >= 4 is 5.57 Å². The number of hydrogen-bond donors (Lipinski definition) is 0. The Hall–Kier alpha value is -2.02. The van der Waals surface area contributed by atoms with Crippen LogP contribution in [0.3, 0.4) is 0 Å². The molecule has 0 aliphatic heterocycles. The Morgan fingerprint density at radius 3 is 2.07 bits per heavy atom. The zero-order valence-corrected chi connectivity index (χ0v) is 19.3. The minimum atomic E-state index is 0.804. The molecule has 1 aliphatic rings. The molecule has 0 saturated carbocycles. The van der Waals surface area contributed by atoms with Crippen LogP contribution in [-0.4, -0.2) is 6.61 Å². The predicted octanol–water partition coefficient (Wildman–Crippen LogP) is 8.93. The van der Waals surface area contributed by atoms with Crippen molar-refractivity contribution in [3.8, 4) is 16.9 Å². The number of ether oxygens (including phenoxy) is 1. The summed E-state index contributed by atoms with van der Waals surface area (Å²) in [4.78, 5) is 0. The van der Waals surface area contributed by atoms with Gasteiger partial charge in [-0.15, -0.1) is 0 Å². The van der Waals surface area contributed by atoms with E-state index in [1.54, 1.807) is 5.57 Å². The van der Waals surface area contributed by atoms with E-state index in [0.29, 0.717) is 0 Å². The standard InChI is InChI=1S/C29H40O/c1-4-6-8-9-23(3)24-10-12-25(13-11-24)26-14-16-27(17-15-26)28-18-20-29(21-19-28)30-22-7-5-2/h12,14-21,23-24H,4-11,13,22H2,1-3H3. The first-order chi connectivity index (χ1) is 14.7. The second kappa shape index (κ2) is 12.0. The van der Waals surface area contributed by atoms with Crippen LogP contribution in [0.4, 0.5) is 0 Å². The fourth-order valence-electron chi connectivity index (χ4n) is 4.54. The van der Waals surface area contributed by atoms with Gasteiger partial charge in [0.05, 0.1) is 6.61 Å². The molecule has 0 saturated heterocycles. The summed E-state index contributed by atoms with van der Waals surface area (Å²) in [6.07, 6.45) is 14.1. The largest absolute Gasteiger partial charge is 0.494 e. The molecule has 2 unspecified atom stereocenters. The zero-order chi connectivity index (χ0) is 21.2. The maximum atomic E-state index is 5.78. The molecule has 0 heterocycles. The van der Waals surface area contributed by atoms with Crippen molar-refractivity contribution < 1.29 is 4.74 Å². The highest BCUT2D eigenvalue weighted by Crippen LogP contribution is 2.36. The Bertz CT molecular complexity index is 769. The number of unbranched alkanes of at least 4 members (excludes halogenated alkanes) is 3. The van der Waals surface area contributed by atoms with E-state index in [1.165, 1.54) is 68.1 Å². The third-order valence-electron chi connectivity index (χ3n) is 6.73. The predicted molar refractivity (Wildman–Crippen MR) is 131 cm³/mol. The van der Waals surface area contributed by atoms with Gasteiger partial charge in [-0.05, 0) is 71.9 Å². The van der Waals surface area contributed by atoms with Gasteiger partial charge in [0.2, 0.25) is 0 Å². The minimum Gasteiger partial charge on any atom is -0.494 e. The van der Waals surface area contributed by atoms with Crippen molar-refractivity contribution in [1.82, 2.24) is 0 Å². The van der Waals surface area contributed by atoms with Gasteiger partial charge in [-0.1, -0.05) is 95.3 Å². The molecular weight excluding hydrogens is 364 g/mol. The maximum absolute atomic E-state index is 5.78. The van der Waals surface area contributed by atoms with E-state index in [0.717, 1.165) is 30.6 Å². The lowest BCUT2D eigenvalue weighted by atomic mass is 9.78. The smallest absolute Gasteiger partial charge is 0.119 e. The Kier molecular flexibility index (Phi) is 9.05. The zero-order valence-electron chi connectivity index (χ0n) is 19.3. The molecular formula is C29H40O. The fraction of sp³-hybridized carbons (Fsp3) is 0.517. The van der Waals surface area contributed by atoms with E-state index >= 15 is 0 Å². The number of benzene rings is 2. The van der Waals surface area contributed by atoms with E-state index in [9.17, 15) is 0 Å². The first-order valence-electron chi connectivity index (χ1n) is 12.2. The van der Waals surface area contributed by atoms with Crippen molar-refractivity contribution in [1.29, 1.82) is 0 Å². The number of rotatable bonds is 11. The molecule has 1 nitrogen and oxygen atoms in total. The van der Waals surface area contributed by atoms with Crippen molar-refractivity contribution in [3.05, 3.63) is 60.2 Å². The second-order valence-electron chi connectivity index (χ2n) is 9.04. The third-order valence-corrected chi connectivity index (χ3v) is 6.73. The molecule has 0 radical (unpaired) electrons. The third kappa shape index (κ3) is 6.49. The first-order valence-corrected chi connectivity index (χ1v) is 12.2. The van der Waals surface area contributed by atoms with Gasteiger partial charge in [0.25, 0.3) is 0 Å². The van der Waals surface area contributed by atoms with Gasteiger partial charge < -0.3 is 4.74 Å². The Morgan fingerprint density at radius 2 is 1.47 bits per heavy atom. The summed E-state index contributed by atoms with van der Waals surface area (Å²) in [5, 5.41) is 0. The van der Waals surface area contributed by atoms with Gasteiger partial charge in [-0.25, -0.2) is 0 Å². The second-order valence-corrected chi connectivity index (χ2v) is 9.04. The molecule has 0 amide bonds.